The number of aryl methyl sites for hydroxylation is 1. The van der Waals surface area contributed by atoms with Crippen molar-refractivity contribution in [3.8, 4) is 0 Å². The molecule has 1 N–H and O–H groups in total. The molecule has 0 saturated carbocycles. The van der Waals surface area contributed by atoms with Gasteiger partial charge in [-0.3, -0.25) is 0 Å². The molecule has 0 aliphatic carbocycles. The van der Waals surface area contributed by atoms with Crippen LogP contribution in [0.25, 0.3) is 5.57 Å². The van der Waals surface area contributed by atoms with Gasteiger partial charge in [-0.05, 0) is 59.7 Å². The number of allylic oxidation sites excluding steroid dienone is 4. The zero-order valence-electron chi connectivity index (χ0n) is 14.4. The Morgan fingerprint density at radius 3 is 2.38 bits per heavy atom. The molecule has 0 aromatic heterocycles. The van der Waals surface area contributed by atoms with Crippen LogP contribution in [0.15, 0.2) is 54.3 Å². The smallest absolute Gasteiger partial charge is 0.00278 e. The summed E-state index contributed by atoms with van der Waals surface area (Å²) in [5.41, 5.74) is 6.42. The molecule has 0 heterocycles. The molecule has 0 radical (unpaired) electrons. The van der Waals surface area contributed by atoms with Crippen molar-refractivity contribution in [2.75, 3.05) is 7.05 Å². The number of rotatable bonds is 5. The molecule has 0 aliphatic rings. The van der Waals surface area contributed by atoms with Crippen LogP contribution in [-0.2, 0) is 0 Å². The van der Waals surface area contributed by atoms with Gasteiger partial charge in [-0.1, -0.05) is 57.7 Å². The Hall–Kier alpha value is -1.76. The number of nitrogens with one attached hydrogen (secondary N) is 1. The van der Waals surface area contributed by atoms with Crippen molar-refractivity contribution in [3.63, 3.8) is 0 Å². The summed E-state index contributed by atoms with van der Waals surface area (Å²) in [4.78, 5) is 0. The first-order valence-corrected chi connectivity index (χ1v) is 7.54. The quantitative estimate of drug-likeness (QED) is 0.704. The van der Waals surface area contributed by atoms with Gasteiger partial charge in [-0.25, -0.2) is 0 Å². The fourth-order valence-electron chi connectivity index (χ4n) is 2.41. The van der Waals surface area contributed by atoms with Crippen LogP contribution >= 0.6 is 0 Å². The van der Waals surface area contributed by atoms with E-state index in [4.69, 9.17) is 0 Å². The van der Waals surface area contributed by atoms with Crippen LogP contribution in [0, 0.1) is 12.3 Å². The van der Waals surface area contributed by atoms with Crippen LogP contribution in [0.2, 0.25) is 0 Å². The largest absolute Gasteiger partial charge is 0.394 e. The SMILES string of the molecule is C=C(/C=C(C)\C(=C/NC)CC(C)(C)C)c1ccccc1C. The highest BCUT2D eigenvalue weighted by atomic mass is 14.8. The molecule has 0 spiro atoms. The van der Waals surface area contributed by atoms with E-state index in [0.29, 0.717) is 0 Å². The molecule has 21 heavy (non-hydrogen) atoms. The van der Waals surface area contributed by atoms with Crippen molar-refractivity contribution >= 4 is 5.57 Å². The average Bonchev–Trinajstić information content (AvgIpc) is 2.37. The summed E-state index contributed by atoms with van der Waals surface area (Å²) in [7, 11) is 1.95. The van der Waals surface area contributed by atoms with Crippen LogP contribution < -0.4 is 5.32 Å². The minimum atomic E-state index is 0.266. The Bertz CT molecular complexity index is 553. The Kier molecular flexibility index (Phi) is 6.02. The van der Waals surface area contributed by atoms with Gasteiger partial charge in [0.15, 0.2) is 0 Å². The van der Waals surface area contributed by atoms with E-state index in [-0.39, 0.29) is 5.41 Å². The Morgan fingerprint density at radius 2 is 1.86 bits per heavy atom. The molecule has 0 atom stereocenters. The molecule has 0 unspecified atom stereocenters. The standard InChI is InChI=1S/C20H29N/c1-15-10-8-9-11-19(15)17(3)12-16(2)18(14-21-7)13-20(4,5)6/h8-12,14,21H,3,13H2,1-2,4-7H3/b16-12-,18-14-. The van der Waals surface area contributed by atoms with Crippen LogP contribution in [-0.4, -0.2) is 7.05 Å². The second-order valence-corrected chi connectivity index (χ2v) is 6.86. The van der Waals surface area contributed by atoms with Crippen LogP contribution in [0.1, 0.15) is 45.2 Å². The molecule has 0 fully saturated rings. The van der Waals surface area contributed by atoms with Crippen molar-refractivity contribution < 1.29 is 0 Å². The van der Waals surface area contributed by atoms with Gasteiger partial charge >= 0.3 is 0 Å². The monoisotopic (exact) mass is 283 g/mol. The molecule has 0 amide bonds. The van der Waals surface area contributed by atoms with Gasteiger partial charge in [0.25, 0.3) is 0 Å². The van der Waals surface area contributed by atoms with Crippen molar-refractivity contribution in [1.82, 2.24) is 5.32 Å². The Labute approximate surface area is 130 Å². The lowest BCUT2D eigenvalue weighted by atomic mass is 9.85. The minimum Gasteiger partial charge on any atom is -0.394 e. The van der Waals surface area contributed by atoms with Crippen molar-refractivity contribution in [2.45, 2.75) is 41.0 Å². The van der Waals surface area contributed by atoms with E-state index in [2.05, 4.69) is 83.1 Å². The summed E-state index contributed by atoms with van der Waals surface area (Å²) in [6.45, 7) is 15.3. The third-order valence-electron chi connectivity index (χ3n) is 3.43. The summed E-state index contributed by atoms with van der Waals surface area (Å²) >= 11 is 0. The van der Waals surface area contributed by atoms with E-state index in [9.17, 15) is 0 Å². The van der Waals surface area contributed by atoms with Crippen molar-refractivity contribution in [1.29, 1.82) is 0 Å². The van der Waals surface area contributed by atoms with Crippen LogP contribution in [0.4, 0.5) is 0 Å². The second kappa shape index (κ2) is 7.31. The molecule has 1 aromatic rings. The first-order chi connectivity index (χ1) is 9.74. The second-order valence-electron chi connectivity index (χ2n) is 6.86. The van der Waals surface area contributed by atoms with Gasteiger partial charge in [-0.15, -0.1) is 0 Å². The van der Waals surface area contributed by atoms with Crippen molar-refractivity contribution in [3.05, 3.63) is 65.4 Å². The van der Waals surface area contributed by atoms with E-state index < -0.39 is 0 Å². The first kappa shape index (κ1) is 17.3. The van der Waals surface area contributed by atoms with Crippen LogP contribution in [0.3, 0.4) is 0 Å². The highest BCUT2D eigenvalue weighted by Gasteiger charge is 2.14. The Balaban J connectivity index is 3.04. The molecule has 1 nitrogen and oxygen atoms in total. The maximum atomic E-state index is 4.24. The summed E-state index contributed by atoms with van der Waals surface area (Å²) in [5.74, 6) is 0. The normalized spacial score (nSPS) is 13.2. The lowest BCUT2D eigenvalue weighted by molar-refractivity contribution is 0.410. The molecular weight excluding hydrogens is 254 g/mol. The summed E-state index contributed by atoms with van der Waals surface area (Å²) in [6.07, 6.45) is 5.33. The maximum absolute atomic E-state index is 4.24. The van der Waals surface area contributed by atoms with Crippen molar-refractivity contribution in [2.24, 2.45) is 5.41 Å². The van der Waals surface area contributed by atoms with Gasteiger partial charge in [0, 0.05) is 7.05 Å². The van der Waals surface area contributed by atoms with E-state index >= 15 is 0 Å². The molecule has 1 aromatic carbocycles. The molecule has 0 saturated heterocycles. The third kappa shape index (κ3) is 5.63. The topological polar surface area (TPSA) is 12.0 Å². The highest BCUT2D eigenvalue weighted by Crippen LogP contribution is 2.29. The maximum Gasteiger partial charge on any atom is 0.00278 e. The molecule has 0 aliphatic heterocycles. The predicted octanol–water partition coefficient (Wildman–Crippen LogP) is 5.49. The zero-order valence-corrected chi connectivity index (χ0v) is 14.4. The lowest BCUT2D eigenvalue weighted by Gasteiger charge is -2.21. The van der Waals surface area contributed by atoms with Gasteiger partial charge in [0.05, 0.1) is 0 Å². The molecule has 114 valence electrons. The van der Waals surface area contributed by atoms with Gasteiger partial charge in [0.1, 0.15) is 0 Å². The van der Waals surface area contributed by atoms with Gasteiger partial charge in [-0.2, -0.15) is 0 Å². The van der Waals surface area contributed by atoms with Gasteiger partial charge < -0.3 is 5.32 Å². The Morgan fingerprint density at radius 1 is 1.24 bits per heavy atom. The summed E-state index contributed by atoms with van der Waals surface area (Å²) < 4.78 is 0. The van der Waals surface area contributed by atoms with E-state index in [0.717, 1.165) is 12.0 Å². The molecular formula is C20H29N. The number of hydrogen-bond acceptors (Lipinski definition) is 1. The molecule has 1 rings (SSSR count). The highest BCUT2D eigenvalue weighted by molar-refractivity contribution is 5.75. The fraction of sp³-hybridized carbons (Fsp3) is 0.400. The third-order valence-corrected chi connectivity index (χ3v) is 3.43. The molecule has 1 heteroatoms. The van der Waals surface area contributed by atoms with Crippen LogP contribution in [0.5, 0.6) is 0 Å². The molecule has 0 bridgehead atoms. The predicted molar refractivity (Wildman–Crippen MR) is 95.2 cm³/mol. The minimum absolute atomic E-state index is 0.266. The summed E-state index contributed by atoms with van der Waals surface area (Å²) in [6, 6.07) is 8.39. The summed E-state index contributed by atoms with van der Waals surface area (Å²) in [5, 5.41) is 3.16. The fourth-order valence-corrected chi connectivity index (χ4v) is 2.41. The van der Waals surface area contributed by atoms with E-state index in [1.807, 2.05) is 7.05 Å². The van der Waals surface area contributed by atoms with Gasteiger partial charge in [0.2, 0.25) is 0 Å². The lowest BCUT2D eigenvalue weighted by Crippen LogP contribution is -2.09. The van der Waals surface area contributed by atoms with E-state index in [1.54, 1.807) is 0 Å². The van der Waals surface area contributed by atoms with E-state index in [1.165, 1.54) is 22.3 Å². The number of benzene rings is 1. The average molecular weight is 283 g/mol. The first-order valence-electron chi connectivity index (χ1n) is 7.54. The zero-order chi connectivity index (χ0) is 16.0. The number of hydrogen-bond donors (Lipinski definition) is 1.